The zero-order chi connectivity index (χ0) is 20.1. The average Bonchev–Trinajstić information content (AvgIpc) is 2.77. The number of hydrogen-bond donors (Lipinski definition) is 0. The lowest BCUT2D eigenvalue weighted by Gasteiger charge is -2.32. The van der Waals surface area contributed by atoms with Crippen molar-refractivity contribution in [2.45, 2.75) is 18.5 Å². The lowest BCUT2D eigenvalue weighted by molar-refractivity contribution is -0.137. The van der Waals surface area contributed by atoms with Gasteiger partial charge in [0.25, 0.3) is 0 Å². The molecule has 0 aromatic heterocycles. The van der Waals surface area contributed by atoms with E-state index in [1.807, 2.05) is 61.5 Å². The van der Waals surface area contributed by atoms with E-state index in [1.165, 1.54) is 18.0 Å². The topological polar surface area (TPSA) is 20.3 Å². The smallest absolute Gasteiger partial charge is 0.314 e. The van der Waals surface area contributed by atoms with E-state index < -0.39 is 17.2 Å². The highest BCUT2D eigenvalue weighted by atomic mass is 19.4. The first-order valence-electron chi connectivity index (χ1n) is 8.89. The SMILES string of the molecule is CN1C(=O)[C@@](C)(c2ccccc2)c2ccccc2-c2ccc(C(F)(F)F)cc21. The summed E-state index contributed by atoms with van der Waals surface area (Å²) in [6.07, 6.45) is -4.48. The Bertz CT molecular complexity index is 1060. The van der Waals surface area contributed by atoms with Gasteiger partial charge < -0.3 is 4.90 Å². The Morgan fingerprint density at radius 2 is 1.50 bits per heavy atom. The zero-order valence-corrected chi connectivity index (χ0v) is 15.4. The number of rotatable bonds is 1. The summed E-state index contributed by atoms with van der Waals surface area (Å²) >= 11 is 0. The van der Waals surface area contributed by atoms with Crippen LogP contribution >= 0.6 is 0 Å². The quantitative estimate of drug-likeness (QED) is 0.533. The van der Waals surface area contributed by atoms with E-state index in [0.717, 1.165) is 28.8 Å². The van der Waals surface area contributed by atoms with E-state index in [-0.39, 0.29) is 11.6 Å². The number of likely N-dealkylation sites (N-methyl/N-ethyl adjacent to an activating group) is 1. The van der Waals surface area contributed by atoms with Gasteiger partial charge in [0, 0.05) is 12.6 Å². The van der Waals surface area contributed by atoms with Crippen molar-refractivity contribution in [2.24, 2.45) is 0 Å². The van der Waals surface area contributed by atoms with Crippen LogP contribution in [0.2, 0.25) is 0 Å². The second-order valence-corrected chi connectivity index (χ2v) is 7.13. The molecular weight excluding hydrogens is 363 g/mol. The van der Waals surface area contributed by atoms with Gasteiger partial charge in [0.2, 0.25) is 5.91 Å². The molecule has 1 aliphatic heterocycles. The van der Waals surface area contributed by atoms with Crippen LogP contribution in [0.1, 0.15) is 23.6 Å². The van der Waals surface area contributed by atoms with Crippen LogP contribution in [0.4, 0.5) is 18.9 Å². The number of anilines is 1. The molecule has 0 unspecified atom stereocenters. The van der Waals surface area contributed by atoms with Crippen molar-refractivity contribution in [3.8, 4) is 11.1 Å². The third kappa shape index (κ3) is 2.61. The van der Waals surface area contributed by atoms with Crippen LogP contribution in [0.15, 0.2) is 72.8 Å². The second kappa shape index (κ2) is 6.23. The van der Waals surface area contributed by atoms with E-state index in [2.05, 4.69) is 0 Å². The first-order chi connectivity index (χ1) is 13.2. The molecule has 142 valence electrons. The number of nitrogens with zero attached hydrogens (tertiary/aromatic N) is 1. The molecule has 1 atom stereocenters. The monoisotopic (exact) mass is 381 g/mol. The summed E-state index contributed by atoms with van der Waals surface area (Å²) in [5.41, 5.74) is 1.40. The molecule has 1 heterocycles. The first kappa shape index (κ1) is 18.3. The number of halogens is 3. The molecule has 3 aromatic rings. The van der Waals surface area contributed by atoms with Crippen molar-refractivity contribution < 1.29 is 18.0 Å². The van der Waals surface area contributed by atoms with Crippen LogP contribution in [-0.2, 0) is 16.4 Å². The molecule has 28 heavy (non-hydrogen) atoms. The molecule has 0 radical (unpaired) electrons. The lowest BCUT2D eigenvalue weighted by atomic mass is 9.73. The minimum Gasteiger partial charge on any atom is -0.314 e. The number of benzene rings is 3. The summed E-state index contributed by atoms with van der Waals surface area (Å²) in [5, 5.41) is 0. The molecule has 5 heteroatoms. The van der Waals surface area contributed by atoms with Crippen LogP contribution in [-0.4, -0.2) is 13.0 Å². The fourth-order valence-electron chi connectivity index (χ4n) is 3.98. The number of alkyl halides is 3. The summed E-state index contributed by atoms with van der Waals surface area (Å²) in [6, 6.07) is 20.3. The second-order valence-electron chi connectivity index (χ2n) is 7.13. The molecule has 0 aliphatic carbocycles. The summed E-state index contributed by atoms with van der Waals surface area (Å²) in [6.45, 7) is 1.83. The largest absolute Gasteiger partial charge is 0.416 e. The van der Waals surface area contributed by atoms with Crippen LogP contribution in [0, 0.1) is 0 Å². The van der Waals surface area contributed by atoms with Gasteiger partial charge in [-0.1, -0.05) is 60.7 Å². The fraction of sp³-hybridized carbons (Fsp3) is 0.174. The number of carbonyl (C=O) groups is 1. The van der Waals surface area contributed by atoms with Gasteiger partial charge in [-0.25, -0.2) is 0 Å². The molecule has 0 bridgehead atoms. The zero-order valence-electron chi connectivity index (χ0n) is 15.4. The number of carbonyl (C=O) groups excluding carboxylic acids is 1. The van der Waals surface area contributed by atoms with Crippen molar-refractivity contribution in [1.29, 1.82) is 0 Å². The van der Waals surface area contributed by atoms with Gasteiger partial charge in [-0.05, 0) is 35.7 Å². The third-order valence-corrected chi connectivity index (χ3v) is 5.53. The first-order valence-corrected chi connectivity index (χ1v) is 8.89. The van der Waals surface area contributed by atoms with Gasteiger partial charge >= 0.3 is 6.18 Å². The predicted molar refractivity (Wildman–Crippen MR) is 103 cm³/mol. The molecule has 4 rings (SSSR count). The summed E-state index contributed by atoms with van der Waals surface area (Å²) < 4.78 is 39.9. The normalized spacial score (nSPS) is 19.0. The Labute approximate surface area is 161 Å². The third-order valence-electron chi connectivity index (χ3n) is 5.53. The molecule has 1 aliphatic rings. The van der Waals surface area contributed by atoms with Crippen molar-refractivity contribution in [3.63, 3.8) is 0 Å². The van der Waals surface area contributed by atoms with Crippen molar-refractivity contribution >= 4 is 11.6 Å². The molecule has 0 N–H and O–H groups in total. The summed E-state index contributed by atoms with van der Waals surface area (Å²) in [4.78, 5) is 14.9. The van der Waals surface area contributed by atoms with Gasteiger partial charge in [0.1, 0.15) is 0 Å². The van der Waals surface area contributed by atoms with Crippen molar-refractivity contribution in [3.05, 3.63) is 89.5 Å². The standard InChI is InChI=1S/C23H18F3NO/c1-22(15-8-4-3-5-9-15)19-11-7-6-10-17(19)18-13-12-16(23(24,25)26)14-20(18)27(2)21(22)28/h3-14H,1-2H3/t22-/m0/s1. The predicted octanol–water partition coefficient (Wildman–Crippen LogP) is 5.65. The van der Waals surface area contributed by atoms with E-state index in [9.17, 15) is 18.0 Å². The van der Waals surface area contributed by atoms with Crippen LogP contribution in [0.25, 0.3) is 11.1 Å². The summed E-state index contributed by atoms with van der Waals surface area (Å²) in [5.74, 6) is -0.274. The van der Waals surface area contributed by atoms with E-state index in [4.69, 9.17) is 0 Å². The molecule has 0 spiro atoms. The van der Waals surface area contributed by atoms with E-state index in [0.29, 0.717) is 5.56 Å². The number of hydrogen-bond acceptors (Lipinski definition) is 1. The molecule has 1 amide bonds. The van der Waals surface area contributed by atoms with Gasteiger partial charge in [0.05, 0.1) is 16.7 Å². The Balaban J connectivity index is 2.04. The number of amides is 1. The van der Waals surface area contributed by atoms with Gasteiger partial charge in [-0.3, -0.25) is 4.79 Å². The molecule has 3 aromatic carbocycles. The average molecular weight is 381 g/mol. The molecule has 0 fully saturated rings. The Kier molecular flexibility index (Phi) is 4.07. The lowest BCUT2D eigenvalue weighted by Crippen LogP contribution is -2.43. The van der Waals surface area contributed by atoms with Crippen LogP contribution < -0.4 is 4.90 Å². The molecule has 0 saturated heterocycles. The van der Waals surface area contributed by atoms with Gasteiger partial charge in [-0.15, -0.1) is 0 Å². The maximum atomic E-state index is 13.6. The van der Waals surface area contributed by atoms with Gasteiger partial charge in [0.15, 0.2) is 0 Å². The van der Waals surface area contributed by atoms with Crippen molar-refractivity contribution in [1.82, 2.24) is 0 Å². The fourth-order valence-corrected chi connectivity index (χ4v) is 3.98. The minimum atomic E-state index is -4.48. The van der Waals surface area contributed by atoms with Crippen molar-refractivity contribution in [2.75, 3.05) is 11.9 Å². The van der Waals surface area contributed by atoms with Gasteiger partial charge in [-0.2, -0.15) is 13.2 Å². The van der Waals surface area contributed by atoms with Crippen LogP contribution in [0.5, 0.6) is 0 Å². The highest BCUT2D eigenvalue weighted by Gasteiger charge is 2.44. The maximum Gasteiger partial charge on any atom is 0.416 e. The maximum absolute atomic E-state index is 13.6. The summed E-state index contributed by atoms with van der Waals surface area (Å²) in [7, 11) is 1.54. The molecular formula is C23H18F3NO. The number of fused-ring (bicyclic) bond motifs is 3. The molecule has 2 nitrogen and oxygen atoms in total. The van der Waals surface area contributed by atoms with E-state index >= 15 is 0 Å². The van der Waals surface area contributed by atoms with E-state index in [1.54, 1.807) is 0 Å². The Hall–Kier alpha value is -3.08. The Morgan fingerprint density at radius 3 is 2.18 bits per heavy atom. The molecule has 0 saturated carbocycles. The Morgan fingerprint density at radius 1 is 0.857 bits per heavy atom. The van der Waals surface area contributed by atoms with Crippen LogP contribution in [0.3, 0.4) is 0 Å². The minimum absolute atomic E-state index is 0.256. The highest BCUT2D eigenvalue weighted by molar-refractivity contribution is 6.09. The highest BCUT2D eigenvalue weighted by Crippen LogP contribution is 2.47.